The molecule has 150 valence electrons. The van der Waals surface area contributed by atoms with Crippen molar-refractivity contribution < 1.29 is 9.66 Å². The fraction of sp³-hybridized carbons (Fsp3) is 0.158. The highest BCUT2D eigenvalue weighted by molar-refractivity contribution is 6.31. The van der Waals surface area contributed by atoms with Gasteiger partial charge in [0, 0.05) is 16.8 Å². The van der Waals surface area contributed by atoms with Gasteiger partial charge in [0.15, 0.2) is 5.75 Å². The molecule has 0 aliphatic rings. The Balaban J connectivity index is 1.87. The van der Waals surface area contributed by atoms with Crippen LogP contribution < -0.4 is 15.7 Å². The van der Waals surface area contributed by atoms with Gasteiger partial charge in [-0.1, -0.05) is 17.7 Å². The van der Waals surface area contributed by atoms with Crippen molar-refractivity contribution in [2.75, 3.05) is 12.5 Å². The topological polar surface area (TPSA) is 115 Å². The number of nitrogens with one attached hydrogen (secondary N) is 2. The van der Waals surface area contributed by atoms with Gasteiger partial charge in [0.05, 0.1) is 41.3 Å². The minimum Gasteiger partial charge on any atom is -0.494 e. The summed E-state index contributed by atoms with van der Waals surface area (Å²) in [7, 11) is 1.40. The Bertz CT molecular complexity index is 1170. The summed E-state index contributed by atoms with van der Waals surface area (Å²) in [4.78, 5) is 23.1. The first-order valence-electron chi connectivity index (χ1n) is 8.51. The molecule has 3 aromatic rings. The second kappa shape index (κ2) is 8.19. The van der Waals surface area contributed by atoms with Gasteiger partial charge in [0.25, 0.3) is 11.2 Å². The highest BCUT2D eigenvalue weighted by atomic mass is 35.5. The van der Waals surface area contributed by atoms with Crippen molar-refractivity contribution >= 4 is 29.2 Å². The molecule has 0 bridgehead atoms. The van der Waals surface area contributed by atoms with E-state index < -0.39 is 4.92 Å². The molecule has 0 aliphatic heterocycles. The first-order valence-corrected chi connectivity index (χ1v) is 8.89. The van der Waals surface area contributed by atoms with Gasteiger partial charge in [0.1, 0.15) is 0 Å². The van der Waals surface area contributed by atoms with Crippen molar-refractivity contribution in [3.05, 3.63) is 78.7 Å². The number of ether oxygens (including phenoxy) is 1. The molecule has 0 amide bonds. The minimum atomic E-state index is -0.515. The molecule has 0 aliphatic carbocycles. The molecule has 0 spiro atoms. The van der Waals surface area contributed by atoms with Gasteiger partial charge in [-0.05, 0) is 37.6 Å². The molecule has 0 atom stereocenters. The molecule has 0 saturated heterocycles. The second-order valence-corrected chi connectivity index (χ2v) is 6.64. The Morgan fingerprint density at radius 2 is 2.03 bits per heavy atom. The van der Waals surface area contributed by atoms with Gasteiger partial charge in [-0.25, -0.2) is 4.68 Å². The summed E-state index contributed by atoms with van der Waals surface area (Å²) in [6.45, 7) is 3.63. The highest BCUT2D eigenvalue weighted by Gasteiger charge is 2.13. The van der Waals surface area contributed by atoms with Crippen molar-refractivity contribution in [2.45, 2.75) is 13.8 Å². The standard InChI is InChI=1S/C19H18ClN5O4/c1-11-4-5-13(8-16(11)20)24-19(26)15(12(2)23-24)10-21-22-17-7-6-14(25(27)28)9-18(17)29-3/h4-10,22-23H,1-3H3. The van der Waals surface area contributed by atoms with E-state index in [2.05, 4.69) is 15.6 Å². The normalized spacial score (nSPS) is 11.0. The number of nitro groups is 1. The maximum absolute atomic E-state index is 12.7. The quantitative estimate of drug-likeness (QED) is 0.361. The average Bonchev–Trinajstić information content (AvgIpc) is 2.98. The predicted molar refractivity (Wildman–Crippen MR) is 112 cm³/mol. The Morgan fingerprint density at radius 3 is 2.69 bits per heavy atom. The smallest absolute Gasteiger partial charge is 0.280 e. The Kier molecular flexibility index (Phi) is 5.69. The molecule has 0 saturated carbocycles. The number of anilines is 1. The van der Waals surface area contributed by atoms with Crippen LogP contribution in [0.25, 0.3) is 5.69 Å². The van der Waals surface area contributed by atoms with E-state index >= 15 is 0 Å². The van der Waals surface area contributed by atoms with Gasteiger partial charge in [0.2, 0.25) is 0 Å². The van der Waals surface area contributed by atoms with Crippen LogP contribution in [-0.2, 0) is 0 Å². The van der Waals surface area contributed by atoms with Gasteiger partial charge < -0.3 is 4.74 Å². The molecular formula is C19H18ClN5O4. The number of rotatable bonds is 6. The van der Waals surface area contributed by atoms with Crippen LogP contribution in [0.2, 0.25) is 5.02 Å². The zero-order valence-electron chi connectivity index (χ0n) is 15.9. The van der Waals surface area contributed by atoms with Crippen LogP contribution in [0.4, 0.5) is 11.4 Å². The molecule has 1 aromatic heterocycles. The van der Waals surface area contributed by atoms with E-state index in [1.165, 1.54) is 36.2 Å². The number of aromatic nitrogens is 2. The molecule has 1 heterocycles. The number of H-pyrrole nitrogens is 1. The molecule has 0 radical (unpaired) electrons. The van der Waals surface area contributed by atoms with Crippen LogP contribution in [0.3, 0.4) is 0 Å². The zero-order chi connectivity index (χ0) is 21.1. The van der Waals surface area contributed by atoms with Gasteiger partial charge in [-0.2, -0.15) is 5.10 Å². The van der Waals surface area contributed by atoms with Gasteiger partial charge in [-0.3, -0.25) is 25.4 Å². The van der Waals surface area contributed by atoms with E-state index in [1.807, 2.05) is 13.0 Å². The third-order valence-electron chi connectivity index (χ3n) is 4.31. The Labute approximate surface area is 170 Å². The van der Waals surface area contributed by atoms with Crippen LogP contribution in [0, 0.1) is 24.0 Å². The number of aromatic amines is 1. The van der Waals surface area contributed by atoms with Crippen LogP contribution in [0.1, 0.15) is 16.8 Å². The van der Waals surface area contributed by atoms with E-state index in [-0.39, 0.29) is 17.0 Å². The fourth-order valence-electron chi connectivity index (χ4n) is 2.67. The fourth-order valence-corrected chi connectivity index (χ4v) is 2.84. The largest absolute Gasteiger partial charge is 0.494 e. The van der Waals surface area contributed by atoms with Crippen molar-refractivity contribution in [3.63, 3.8) is 0 Å². The number of benzene rings is 2. The first kappa shape index (κ1) is 20.2. The summed E-state index contributed by atoms with van der Waals surface area (Å²) in [6, 6.07) is 9.42. The summed E-state index contributed by atoms with van der Waals surface area (Å²) < 4.78 is 6.53. The summed E-state index contributed by atoms with van der Waals surface area (Å²) in [5.41, 5.74) is 5.27. The Morgan fingerprint density at radius 1 is 1.28 bits per heavy atom. The lowest BCUT2D eigenvalue weighted by atomic mass is 10.2. The van der Waals surface area contributed by atoms with Crippen molar-refractivity contribution in [2.24, 2.45) is 5.10 Å². The molecule has 10 heteroatoms. The molecule has 0 fully saturated rings. The monoisotopic (exact) mass is 415 g/mol. The predicted octanol–water partition coefficient (Wildman–Crippen LogP) is 3.80. The Hall–Kier alpha value is -3.59. The minimum absolute atomic E-state index is 0.0995. The van der Waals surface area contributed by atoms with E-state index in [0.717, 1.165) is 5.56 Å². The van der Waals surface area contributed by atoms with E-state index in [4.69, 9.17) is 16.3 Å². The summed E-state index contributed by atoms with van der Waals surface area (Å²) in [5.74, 6) is 0.258. The summed E-state index contributed by atoms with van der Waals surface area (Å²) in [6.07, 6.45) is 1.38. The van der Waals surface area contributed by atoms with Crippen LogP contribution >= 0.6 is 11.6 Å². The van der Waals surface area contributed by atoms with E-state index in [1.54, 1.807) is 19.1 Å². The van der Waals surface area contributed by atoms with E-state index in [0.29, 0.717) is 27.7 Å². The van der Waals surface area contributed by atoms with Crippen LogP contribution in [-0.4, -0.2) is 28.0 Å². The molecule has 3 rings (SSSR count). The van der Waals surface area contributed by atoms with Crippen LogP contribution in [0.15, 0.2) is 46.3 Å². The first-order chi connectivity index (χ1) is 13.8. The van der Waals surface area contributed by atoms with Crippen molar-refractivity contribution in [1.82, 2.24) is 9.78 Å². The molecule has 0 unspecified atom stereocenters. The lowest BCUT2D eigenvalue weighted by Crippen LogP contribution is -2.17. The molecule has 2 N–H and O–H groups in total. The number of hydrazone groups is 1. The molecule has 29 heavy (non-hydrogen) atoms. The lowest BCUT2D eigenvalue weighted by molar-refractivity contribution is -0.384. The second-order valence-electron chi connectivity index (χ2n) is 6.24. The van der Waals surface area contributed by atoms with Crippen molar-refractivity contribution in [3.8, 4) is 11.4 Å². The van der Waals surface area contributed by atoms with E-state index in [9.17, 15) is 14.9 Å². The molecule has 2 aromatic carbocycles. The number of nitro benzene ring substituents is 1. The van der Waals surface area contributed by atoms with Gasteiger partial charge >= 0.3 is 0 Å². The summed E-state index contributed by atoms with van der Waals surface area (Å²) >= 11 is 6.15. The number of methoxy groups -OCH3 is 1. The van der Waals surface area contributed by atoms with Crippen molar-refractivity contribution in [1.29, 1.82) is 0 Å². The summed E-state index contributed by atoms with van der Waals surface area (Å²) in [5, 5.41) is 18.5. The number of non-ortho nitro benzene ring substituents is 1. The number of nitrogens with zero attached hydrogens (tertiary/aromatic N) is 3. The van der Waals surface area contributed by atoms with Crippen LogP contribution in [0.5, 0.6) is 5.75 Å². The third-order valence-corrected chi connectivity index (χ3v) is 4.71. The SMILES string of the molecule is COc1cc([N+](=O)[O-])ccc1NN=Cc1c(C)[nH]n(-c2ccc(C)c(Cl)c2)c1=O. The number of aryl methyl sites for hydroxylation is 2. The maximum atomic E-state index is 12.7. The highest BCUT2D eigenvalue weighted by Crippen LogP contribution is 2.28. The number of hydrogen-bond donors (Lipinski definition) is 2. The average molecular weight is 416 g/mol. The maximum Gasteiger partial charge on any atom is 0.280 e. The molecular weight excluding hydrogens is 398 g/mol. The molecule has 9 nitrogen and oxygen atoms in total. The third kappa shape index (κ3) is 4.14. The zero-order valence-corrected chi connectivity index (χ0v) is 16.6. The number of halogens is 1. The lowest BCUT2D eigenvalue weighted by Gasteiger charge is -2.06. The van der Waals surface area contributed by atoms with Gasteiger partial charge in [-0.15, -0.1) is 0 Å². The number of hydrogen-bond acceptors (Lipinski definition) is 6.